The standard InChI is InChI=1S/C11H13N3O/c12-11(15)13-6-5-9-7-8-3-1-2-4-10(8)14-9/h1-4,7,14H,5-6H2,(H3,12,13,15). The molecule has 78 valence electrons. The van der Waals surface area contributed by atoms with Gasteiger partial charge in [0.25, 0.3) is 0 Å². The molecular weight excluding hydrogens is 190 g/mol. The summed E-state index contributed by atoms with van der Waals surface area (Å²) >= 11 is 0. The van der Waals surface area contributed by atoms with Crippen LogP contribution in [0.5, 0.6) is 0 Å². The fraction of sp³-hybridized carbons (Fsp3) is 0.182. The van der Waals surface area contributed by atoms with Crippen LogP contribution in [-0.4, -0.2) is 17.6 Å². The number of H-pyrrole nitrogens is 1. The zero-order valence-electron chi connectivity index (χ0n) is 8.29. The largest absolute Gasteiger partial charge is 0.358 e. The molecule has 4 heteroatoms. The van der Waals surface area contributed by atoms with Crippen LogP contribution in [0.15, 0.2) is 30.3 Å². The summed E-state index contributed by atoms with van der Waals surface area (Å²) in [6.07, 6.45) is 0.762. The predicted molar refractivity (Wildman–Crippen MR) is 59.6 cm³/mol. The molecule has 0 saturated carbocycles. The molecule has 15 heavy (non-hydrogen) atoms. The minimum atomic E-state index is -0.480. The third kappa shape index (κ3) is 2.28. The second-order valence-electron chi connectivity index (χ2n) is 3.42. The van der Waals surface area contributed by atoms with Gasteiger partial charge in [0.1, 0.15) is 0 Å². The topological polar surface area (TPSA) is 70.9 Å². The van der Waals surface area contributed by atoms with Gasteiger partial charge in [-0.2, -0.15) is 0 Å². The molecule has 0 saturated heterocycles. The minimum absolute atomic E-state index is 0.480. The summed E-state index contributed by atoms with van der Waals surface area (Å²) in [4.78, 5) is 13.7. The highest BCUT2D eigenvalue weighted by Gasteiger charge is 1.99. The lowest BCUT2D eigenvalue weighted by Gasteiger charge is -1.98. The fourth-order valence-electron chi connectivity index (χ4n) is 1.59. The van der Waals surface area contributed by atoms with Gasteiger partial charge in [-0.1, -0.05) is 18.2 Å². The summed E-state index contributed by atoms with van der Waals surface area (Å²) < 4.78 is 0. The van der Waals surface area contributed by atoms with Crippen LogP contribution < -0.4 is 11.1 Å². The number of fused-ring (bicyclic) bond motifs is 1. The van der Waals surface area contributed by atoms with E-state index in [0.29, 0.717) is 6.54 Å². The Bertz CT molecular complexity index is 442. The van der Waals surface area contributed by atoms with Gasteiger partial charge in [-0.3, -0.25) is 0 Å². The molecule has 1 heterocycles. The lowest BCUT2D eigenvalue weighted by molar-refractivity contribution is 0.249. The highest BCUT2D eigenvalue weighted by atomic mass is 16.2. The number of benzene rings is 1. The van der Waals surface area contributed by atoms with E-state index in [4.69, 9.17) is 5.73 Å². The van der Waals surface area contributed by atoms with Crippen LogP contribution in [0.3, 0.4) is 0 Å². The SMILES string of the molecule is NC(=O)NCCc1cc2ccccc2[nH]1. The Morgan fingerprint density at radius 3 is 2.93 bits per heavy atom. The van der Waals surface area contributed by atoms with E-state index in [0.717, 1.165) is 17.6 Å². The van der Waals surface area contributed by atoms with Gasteiger partial charge in [0.2, 0.25) is 0 Å². The average Bonchev–Trinajstić information content (AvgIpc) is 2.59. The molecule has 1 aromatic carbocycles. The summed E-state index contributed by atoms with van der Waals surface area (Å²) in [5.74, 6) is 0. The number of primary amides is 1. The predicted octanol–water partition coefficient (Wildman–Crippen LogP) is 1.38. The zero-order chi connectivity index (χ0) is 10.7. The summed E-state index contributed by atoms with van der Waals surface area (Å²) in [5.41, 5.74) is 7.19. The van der Waals surface area contributed by atoms with Gasteiger partial charge in [0.15, 0.2) is 0 Å². The Hall–Kier alpha value is -1.97. The number of carbonyl (C=O) groups excluding carboxylic acids is 1. The molecule has 2 aromatic rings. The monoisotopic (exact) mass is 203 g/mol. The third-order valence-electron chi connectivity index (χ3n) is 2.28. The second kappa shape index (κ2) is 4.04. The van der Waals surface area contributed by atoms with E-state index in [1.807, 2.05) is 18.2 Å². The van der Waals surface area contributed by atoms with E-state index < -0.39 is 6.03 Å². The van der Waals surface area contributed by atoms with E-state index in [1.165, 1.54) is 5.39 Å². The van der Waals surface area contributed by atoms with Gasteiger partial charge in [-0.25, -0.2) is 4.79 Å². The summed E-state index contributed by atoms with van der Waals surface area (Å²) in [6.45, 7) is 0.558. The molecule has 0 aliphatic rings. The van der Waals surface area contributed by atoms with Gasteiger partial charge in [-0.05, 0) is 17.5 Å². The Balaban J connectivity index is 2.05. The quantitative estimate of drug-likeness (QED) is 0.692. The number of hydrogen-bond donors (Lipinski definition) is 3. The van der Waals surface area contributed by atoms with E-state index in [1.54, 1.807) is 0 Å². The minimum Gasteiger partial charge on any atom is -0.358 e. The number of nitrogens with two attached hydrogens (primary N) is 1. The van der Waals surface area contributed by atoms with Crippen molar-refractivity contribution in [2.75, 3.05) is 6.54 Å². The van der Waals surface area contributed by atoms with Crippen molar-refractivity contribution in [1.82, 2.24) is 10.3 Å². The lowest BCUT2D eigenvalue weighted by atomic mass is 10.2. The highest BCUT2D eigenvalue weighted by molar-refractivity contribution is 5.80. The van der Waals surface area contributed by atoms with E-state index in [2.05, 4.69) is 22.4 Å². The number of carbonyl (C=O) groups is 1. The molecule has 2 rings (SSSR count). The number of hydrogen-bond acceptors (Lipinski definition) is 1. The summed E-state index contributed by atoms with van der Waals surface area (Å²) in [6, 6.07) is 9.67. The molecule has 0 aliphatic carbocycles. The Morgan fingerprint density at radius 2 is 2.20 bits per heavy atom. The molecule has 0 radical (unpaired) electrons. The molecule has 0 unspecified atom stereocenters. The van der Waals surface area contributed by atoms with Gasteiger partial charge in [0.05, 0.1) is 0 Å². The number of urea groups is 1. The maximum Gasteiger partial charge on any atom is 0.312 e. The number of aromatic amines is 1. The molecule has 2 amide bonds. The van der Waals surface area contributed by atoms with Gasteiger partial charge in [0, 0.05) is 24.2 Å². The van der Waals surface area contributed by atoms with Crippen molar-refractivity contribution in [2.45, 2.75) is 6.42 Å². The first-order valence-electron chi connectivity index (χ1n) is 4.85. The Kier molecular flexibility index (Phi) is 2.58. The maximum absolute atomic E-state index is 10.5. The first-order valence-corrected chi connectivity index (χ1v) is 4.85. The van der Waals surface area contributed by atoms with Crippen LogP contribution >= 0.6 is 0 Å². The van der Waals surface area contributed by atoms with Crippen molar-refractivity contribution in [1.29, 1.82) is 0 Å². The van der Waals surface area contributed by atoms with Gasteiger partial charge < -0.3 is 16.0 Å². The van der Waals surface area contributed by atoms with Crippen LogP contribution in [0.1, 0.15) is 5.69 Å². The number of aromatic nitrogens is 1. The molecule has 4 N–H and O–H groups in total. The smallest absolute Gasteiger partial charge is 0.312 e. The molecule has 1 aromatic heterocycles. The molecule has 0 aliphatic heterocycles. The fourth-order valence-corrected chi connectivity index (χ4v) is 1.59. The Labute approximate surface area is 87.5 Å². The molecule has 4 nitrogen and oxygen atoms in total. The normalized spacial score (nSPS) is 10.4. The molecule has 0 spiro atoms. The van der Waals surface area contributed by atoms with E-state index in [9.17, 15) is 4.79 Å². The van der Waals surface area contributed by atoms with Crippen molar-refractivity contribution in [3.05, 3.63) is 36.0 Å². The van der Waals surface area contributed by atoms with Crippen molar-refractivity contribution >= 4 is 16.9 Å². The van der Waals surface area contributed by atoms with Crippen molar-refractivity contribution in [3.63, 3.8) is 0 Å². The number of para-hydroxylation sites is 1. The third-order valence-corrected chi connectivity index (χ3v) is 2.28. The average molecular weight is 203 g/mol. The van der Waals surface area contributed by atoms with Crippen molar-refractivity contribution < 1.29 is 4.79 Å². The first kappa shape index (κ1) is 9.58. The number of amides is 2. The lowest BCUT2D eigenvalue weighted by Crippen LogP contribution is -2.30. The molecule has 0 fully saturated rings. The molecule has 0 atom stereocenters. The number of nitrogens with one attached hydrogen (secondary N) is 2. The first-order chi connectivity index (χ1) is 7.25. The zero-order valence-corrected chi connectivity index (χ0v) is 8.29. The van der Waals surface area contributed by atoms with Crippen molar-refractivity contribution in [3.8, 4) is 0 Å². The van der Waals surface area contributed by atoms with Crippen LogP contribution in [0.2, 0.25) is 0 Å². The molecule has 0 bridgehead atoms. The summed E-state index contributed by atoms with van der Waals surface area (Å²) in [7, 11) is 0. The van der Waals surface area contributed by atoms with Crippen LogP contribution in [0.25, 0.3) is 10.9 Å². The van der Waals surface area contributed by atoms with E-state index in [-0.39, 0.29) is 0 Å². The number of rotatable bonds is 3. The van der Waals surface area contributed by atoms with Crippen LogP contribution in [0, 0.1) is 0 Å². The van der Waals surface area contributed by atoms with Crippen molar-refractivity contribution in [2.24, 2.45) is 5.73 Å². The molecular formula is C11H13N3O. The second-order valence-corrected chi connectivity index (χ2v) is 3.42. The van der Waals surface area contributed by atoms with Gasteiger partial charge >= 0.3 is 6.03 Å². The van der Waals surface area contributed by atoms with Gasteiger partial charge in [-0.15, -0.1) is 0 Å². The van der Waals surface area contributed by atoms with Crippen LogP contribution in [-0.2, 0) is 6.42 Å². The Morgan fingerprint density at radius 1 is 1.40 bits per heavy atom. The highest BCUT2D eigenvalue weighted by Crippen LogP contribution is 2.14. The maximum atomic E-state index is 10.5. The summed E-state index contributed by atoms with van der Waals surface area (Å²) in [5, 5.41) is 3.74. The van der Waals surface area contributed by atoms with E-state index >= 15 is 0 Å². The van der Waals surface area contributed by atoms with Crippen LogP contribution in [0.4, 0.5) is 4.79 Å².